The number of anilines is 1. The van der Waals surface area contributed by atoms with E-state index < -0.39 is 10.9 Å². The molecule has 0 saturated heterocycles. The zero-order valence-electron chi connectivity index (χ0n) is 14.6. The highest BCUT2D eigenvalue weighted by atomic mass is 16.3. The fourth-order valence-electron chi connectivity index (χ4n) is 2.39. The van der Waals surface area contributed by atoms with E-state index in [1.165, 1.54) is 5.56 Å². The van der Waals surface area contributed by atoms with E-state index in [-0.39, 0.29) is 11.8 Å². The van der Waals surface area contributed by atoms with Gasteiger partial charge in [-0.25, -0.2) is 0 Å². The average Bonchev–Trinajstić information content (AvgIpc) is 2.62. The maximum atomic E-state index is 11.3. The molecular weight excluding hydrogens is 316 g/mol. The highest BCUT2D eigenvalue weighted by Gasteiger charge is 2.18. The van der Waals surface area contributed by atoms with Crippen molar-refractivity contribution in [2.45, 2.75) is 33.2 Å². The summed E-state index contributed by atoms with van der Waals surface area (Å²) in [5.74, 6) is 0.234. The molecule has 0 amide bonds. The third kappa shape index (κ3) is 5.01. The van der Waals surface area contributed by atoms with Gasteiger partial charge in [-0.2, -0.15) is 0 Å². The number of hydrogen-bond donors (Lipinski definition) is 2. The van der Waals surface area contributed by atoms with E-state index in [9.17, 15) is 14.7 Å². The SMILES string of the molecule is Cc1c(NC(C)Cc2ccc(O)cc2)c(=O)c1=O.Cc1ccncc1. The van der Waals surface area contributed by atoms with Crippen molar-refractivity contribution in [3.63, 3.8) is 0 Å². The van der Waals surface area contributed by atoms with Crippen molar-refractivity contribution in [1.82, 2.24) is 4.98 Å². The zero-order chi connectivity index (χ0) is 18.4. The number of nitrogens with one attached hydrogen (secondary N) is 1. The van der Waals surface area contributed by atoms with Crippen molar-refractivity contribution in [3.8, 4) is 5.75 Å². The maximum Gasteiger partial charge on any atom is 0.249 e. The lowest BCUT2D eigenvalue weighted by Gasteiger charge is -2.17. The highest BCUT2D eigenvalue weighted by Crippen LogP contribution is 2.14. The molecule has 3 rings (SSSR count). The van der Waals surface area contributed by atoms with Gasteiger partial charge in [0.1, 0.15) is 5.75 Å². The lowest BCUT2D eigenvalue weighted by molar-refractivity contribution is 0.475. The number of hydrogen-bond acceptors (Lipinski definition) is 5. The number of phenols is 1. The number of rotatable bonds is 4. The van der Waals surface area contributed by atoms with Gasteiger partial charge in [-0.1, -0.05) is 12.1 Å². The van der Waals surface area contributed by atoms with Crippen LogP contribution in [-0.2, 0) is 6.42 Å². The van der Waals surface area contributed by atoms with Gasteiger partial charge in [-0.15, -0.1) is 0 Å². The molecule has 1 heterocycles. The summed E-state index contributed by atoms with van der Waals surface area (Å²) < 4.78 is 0. The van der Waals surface area contributed by atoms with Crippen LogP contribution in [0.1, 0.15) is 23.6 Å². The average molecular weight is 338 g/mol. The number of pyridine rings is 1. The van der Waals surface area contributed by atoms with Crippen molar-refractivity contribution >= 4 is 5.69 Å². The van der Waals surface area contributed by atoms with Gasteiger partial charge in [-0.05, 0) is 62.6 Å². The van der Waals surface area contributed by atoms with Crippen LogP contribution in [0.4, 0.5) is 5.69 Å². The molecule has 0 fully saturated rings. The number of aromatic hydroxyl groups is 1. The van der Waals surface area contributed by atoms with Gasteiger partial charge < -0.3 is 10.4 Å². The second-order valence-electron chi connectivity index (χ2n) is 6.10. The topological polar surface area (TPSA) is 79.3 Å². The molecule has 0 radical (unpaired) electrons. The molecular formula is C20H22N2O3. The summed E-state index contributed by atoms with van der Waals surface area (Å²) in [7, 11) is 0. The molecule has 0 aliphatic carbocycles. The number of aromatic nitrogens is 1. The smallest absolute Gasteiger partial charge is 0.249 e. The van der Waals surface area contributed by atoms with Gasteiger partial charge in [0.25, 0.3) is 0 Å². The van der Waals surface area contributed by atoms with Crippen LogP contribution in [0.3, 0.4) is 0 Å². The van der Waals surface area contributed by atoms with E-state index in [1.54, 1.807) is 31.5 Å². The molecule has 5 nitrogen and oxygen atoms in total. The molecule has 130 valence electrons. The first-order valence-electron chi connectivity index (χ1n) is 8.09. The minimum absolute atomic E-state index is 0.0524. The van der Waals surface area contributed by atoms with Crippen LogP contribution >= 0.6 is 0 Å². The summed E-state index contributed by atoms with van der Waals surface area (Å²) in [4.78, 5) is 26.2. The fourth-order valence-corrected chi connectivity index (χ4v) is 2.39. The van der Waals surface area contributed by atoms with Crippen LogP contribution < -0.4 is 16.2 Å². The van der Waals surface area contributed by atoms with Crippen LogP contribution in [0, 0.1) is 13.8 Å². The highest BCUT2D eigenvalue weighted by molar-refractivity contribution is 5.56. The molecule has 0 saturated carbocycles. The largest absolute Gasteiger partial charge is 0.508 e. The normalized spacial score (nSPS) is 11.5. The van der Waals surface area contributed by atoms with Gasteiger partial charge in [0.2, 0.25) is 10.9 Å². The Hall–Kier alpha value is -2.95. The van der Waals surface area contributed by atoms with E-state index in [1.807, 2.05) is 38.1 Å². The minimum Gasteiger partial charge on any atom is -0.508 e. The molecule has 25 heavy (non-hydrogen) atoms. The predicted octanol–water partition coefficient (Wildman–Crippen LogP) is 2.73. The summed E-state index contributed by atoms with van der Waals surface area (Å²) in [6.07, 6.45) is 4.29. The second kappa shape index (κ2) is 8.24. The molecule has 1 aromatic heterocycles. The van der Waals surface area contributed by atoms with E-state index in [2.05, 4.69) is 10.3 Å². The molecule has 2 aromatic carbocycles. The van der Waals surface area contributed by atoms with Crippen LogP contribution in [-0.4, -0.2) is 16.1 Å². The number of nitrogens with zero attached hydrogens (tertiary/aromatic N) is 1. The van der Waals surface area contributed by atoms with Gasteiger partial charge in [0, 0.05) is 24.0 Å². The summed E-state index contributed by atoms with van der Waals surface area (Å²) in [5, 5.41) is 12.2. The molecule has 5 heteroatoms. The molecule has 0 aliphatic heterocycles. The Morgan fingerprint density at radius 3 is 2.08 bits per heavy atom. The minimum atomic E-state index is -0.426. The van der Waals surface area contributed by atoms with Crippen LogP contribution in [0.5, 0.6) is 5.75 Å². The Bertz CT molecular complexity index is 880. The Kier molecular flexibility index (Phi) is 6.06. The predicted molar refractivity (Wildman–Crippen MR) is 100.0 cm³/mol. The summed E-state index contributed by atoms with van der Waals surface area (Å²) in [6.45, 7) is 5.64. The standard InChI is InChI=1S/C14H15NO3.C6H7N/c1-8(7-10-3-5-11(16)6-4-10)15-12-9(2)13(17)14(12)18;1-6-2-4-7-5-3-6/h3-6,8,15-16H,7H2,1-2H3;2-5H,1H3. The van der Waals surface area contributed by atoms with E-state index in [4.69, 9.17) is 0 Å². The lowest BCUT2D eigenvalue weighted by atomic mass is 10.0. The Morgan fingerprint density at radius 2 is 1.60 bits per heavy atom. The fraction of sp³-hybridized carbons (Fsp3) is 0.250. The van der Waals surface area contributed by atoms with Gasteiger partial charge >= 0.3 is 0 Å². The van der Waals surface area contributed by atoms with Crippen LogP contribution in [0.2, 0.25) is 0 Å². The Balaban J connectivity index is 0.000000269. The summed E-state index contributed by atoms with van der Waals surface area (Å²) in [6, 6.07) is 10.9. The number of phenolic OH excluding ortho intramolecular Hbond substituents is 1. The summed E-state index contributed by atoms with van der Waals surface area (Å²) >= 11 is 0. The summed E-state index contributed by atoms with van der Waals surface area (Å²) in [5.41, 5.74) is 2.45. The van der Waals surface area contributed by atoms with Crippen molar-refractivity contribution in [3.05, 3.63) is 85.9 Å². The molecule has 0 aliphatic rings. The van der Waals surface area contributed by atoms with Crippen molar-refractivity contribution in [2.24, 2.45) is 0 Å². The van der Waals surface area contributed by atoms with Crippen molar-refractivity contribution in [1.29, 1.82) is 0 Å². The van der Waals surface area contributed by atoms with Crippen molar-refractivity contribution in [2.75, 3.05) is 5.32 Å². The zero-order valence-corrected chi connectivity index (χ0v) is 14.6. The third-order valence-electron chi connectivity index (χ3n) is 3.86. The first kappa shape index (κ1) is 18.4. The second-order valence-corrected chi connectivity index (χ2v) is 6.10. The molecule has 1 atom stereocenters. The molecule has 1 unspecified atom stereocenters. The van der Waals surface area contributed by atoms with Crippen molar-refractivity contribution < 1.29 is 5.11 Å². The van der Waals surface area contributed by atoms with Gasteiger partial charge in [-0.3, -0.25) is 14.6 Å². The number of aryl methyl sites for hydroxylation is 1. The lowest BCUT2D eigenvalue weighted by Crippen LogP contribution is -2.39. The first-order valence-corrected chi connectivity index (χ1v) is 8.09. The van der Waals surface area contributed by atoms with Gasteiger partial charge in [0.05, 0.1) is 5.69 Å². The van der Waals surface area contributed by atoms with Crippen LogP contribution in [0.25, 0.3) is 0 Å². The van der Waals surface area contributed by atoms with Crippen LogP contribution in [0.15, 0.2) is 58.4 Å². The molecule has 0 bridgehead atoms. The number of benzene rings is 1. The van der Waals surface area contributed by atoms with E-state index in [0.29, 0.717) is 11.3 Å². The monoisotopic (exact) mass is 338 g/mol. The molecule has 2 N–H and O–H groups in total. The van der Waals surface area contributed by atoms with Gasteiger partial charge in [0.15, 0.2) is 0 Å². The maximum absolute atomic E-state index is 11.3. The van der Waals surface area contributed by atoms with E-state index in [0.717, 1.165) is 12.0 Å². The van der Waals surface area contributed by atoms with E-state index >= 15 is 0 Å². The molecule has 3 aromatic rings. The Labute approximate surface area is 146 Å². The first-order chi connectivity index (χ1) is 11.9. The quantitative estimate of drug-likeness (QED) is 0.715. The third-order valence-corrected chi connectivity index (χ3v) is 3.86. The molecule has 0 spiro atoms. The Morgan fingerprint density at radius 1 is 1.00 bits per heavy atom.